The molecule has 0 radical (unpaired) electrons. The smallest absolute Gasteiger partial charge is 0.158 e. The fourth-order valence-corrected chi connectivity index (χ4v) is 1.97. The van der Waals surface area contributed by atoms with Crippen LogP contribution in [0, 0.1) is 20.8 Å². The van der Waals surface area contributed by atoms with Gasteiger partial charge in [0, 0.05) is 17.2 Å². The van der Waals surface area contributed by atoms with E-state index in [0.717, 1.165) is 23.0 Å². The van der Waals surface area contributed by atoms with E-state index in [9.17, 15) is 0 Å². The van der Waals surface area contributed by atoms with E-state index in [1.54, 1.807) is 6.07 Å². The van der Waals surface area contributed by atoms with Gasteiger partial charge >= 0.3 is 0 Å². The van der Waals surface area contributed by atoms with E-state index in [4.69, 9.17) is 11.6 Å². The lowest BCUT2D eigenvalue weighted by Gasteiger charge is -2.17. The fourth-order valence-electron chi connectivity index (χ4n) is 1.79. The van der Waals surface area contributed by atoms with Crippen LogP contribution in [0.5, 0.6) is 0 Å². The Balaban J connectivity index is 2.63. The summed E-state index contributed by atoms with van der Waals surface area (Å²) in [6.45, 7) is 12.3. The predicted molar refractivity (Wildman–Crippen MR) is 77.1 cm³/mol. The Morgan fingerprint density at radius 3 is 2.21 bits per heavy atom. The molecule has 0 atom stereocenters. The van der Waals surface area contributed by atoms with Crippen molar-refractivity contribution >= 4 is 11.6 Å². The van der Waals surface area contributed by atoms with Crippen LogP contribution in [0.2, 0.25) is 5.15 Å². The van der Waals surface area contributed by atoms with Crippen molar-refractivity contribution in [1.29, 1.82) is 0 Å². The Kier molecular flexibility index (Phi) is 3.39. The molecule has 102 valence electrons. The lowest BCUT2D eigenvalue weighted by molar-refractivity contribution is 0.541. The molecule has 0 spiro atoms. The number of rotatable bonds is 1. The maximum Gasteiger partial charge on any atom is 0.158 e. The van der Waals surface area contributed by atoms with Crippen LogP contribution >= 0.6 is 11.6 Å². The van der Waals surface area contributed by atoms with Crippen LogP contribution in [-0.4, -0.2) is 19.7 Å². The molecule has 5 heteroatoms. The molecule has 0 saturated heterocycles. The van der Waals surface area contributed by atoms with Crippen LogP contribution in [0.4, 0.5) is 0 Å². The molecule has 0 aliphatic carbocycles. The largest absolute Gasteiger partial charge is 0.220 e. The van der Waals surface area contributed by atoms with E-state index >= 15 is 0 Å². The van der Waals surface area contributed by atoms with Crippen molar-refractivity contribution in [2.45, 2.75) is 47.0 Å². The molecule has 4 nitrogen and oxygen atoms in total. The van der Waals surface area contributed by atoms with Crippen LogP contribution in [0.15, 0.2) is 6.07 Å². The summed E-state index contributed by atoms with van der Waals surface area (Å²) in [7, 11) is 0. The van der Waals surface area contributed by atoms with E-state index in [1.807, 2.05) is 18.5 Å². The summed E-state index contributed by atoms with van der Waals surface area (Å²) in [6.07, 6.45) is 0. The average Bonchev–Trinajstić information content (AvgIpc) is 2.55. The van der Waals surface area contributed by atoms with Gasteiger partial charge in [-0.3, -0.25) is 0 Å². The summed E-state index contributed by atoms with van der Waals surface area (Å²) < 4.78 is 1.83. The topological polar surface area (TPSA) is 43.6 Å². The van der Waals surface area contributed by atoms with Crippen LogP contribution in [0.1, 0.15) is 43.5 Å². The first kappa shape index (κ1) is 14.0. The predicted octanol–water partition coefficient (Wildman–Crippen LogP) is 3.54. The maximum atomic E-state index is 6.11. The summed E-state index contributed by atoms with van der Waals surface area (Å²) >= 11 is 6.11. The van der Waals surface area contributed by atoms with Crippen molar-refractivity contribution in [3.63, 3.8) is 0 Å². The standard InChI is InChI=1S/C14H19ClN4/c1-8-9(2)18-19(10(8)3)12-7-11(15)16-13(17-12)14(4,5)6/h7H,1-6H3. The number of aromatic nitrogens is 4. The van der Waals surface area contributed by atoms with Gasteiger partial charge in [0.1, 0.15) is 11.0 Å². The monoisotopic (exact) mass is 278 g/mol. The van der Waals surface area contributed by atoms with Crippen molar-refractivity contribution in [2.75, 3.05) is 0 Å². The molecule has 2 heterocycles. The Bertz CT molecular complexity index is 623. The number of nitrogens with zero attached hydrogens (tertiary/aromatic N) is 4. The van der Waals surface area contributed by atoms with Gasteiger partial charge in [-0.25, -0.2) is 14.6 Å². The molecule has 0 aliphatic heterocycles. The summed E-state index contributed by atoms with van der Waals surface area (Å²) in [5.41, 5.74) is 3.11. The molecule has 0 bridgehead atoms. The zero-order valence-corrected chi connectivity index (χ0v) is 13.0. The molecule has 0 N–H and O–H groups in total. The first-order chi connectivity index (χ1) is 8.70. The second kappa shape index (κ2) is 4.60. The highest BCUT2D eigenvalue weighted by molar-refractivity contribution is 6.29. The van der Waals surface area contributed by atoms with E-state index < -0.39 is 0 Å². The molecule has 0 amide bonds. The number of aryl methyl sites for hydroxylation is 1. The lowest BCUT2D eigenvalue weighted by atomic mass is 9.96. The molecule has 2 rings (SSSR count). The summed E-state index contributed by atoms with van der Waals surface area (Å²) in [5, 5.41) is 4.96. The summed E-state index contributed by atoms with van der Waals surface area (Å²) in [4.78, 5) is 8.90. The van der Waals surface area contributed by atoms with E-state index in [-0.39, 0.29) is 5.41 Å². The number of halogens is 1. The highest BCUT2D eigenvalue weighted by atomic mass is 35.5. The van der Waals surface area contributed by atoms with Crippen LogP contribution in [0.25, 0.3) is 5.82 Å². The van der Waals surface area contributed by atoms with Crippen molar-refractivity contribution < 1.29 is 0 Å². The van der Waals surface area contributed by atoms with Crippen LogP contribution < -0.4 is 0 Å². The summed E-state index contributed by atoms with van der Waals surface area (Å²) in [6, 6.07) is 1.75. The minimum absolute atomic E-state index is 0.148. The Hall–Kier alpha value is -1.42. The minimum Gasteiger partial charge on any atom is -0.220 e. The van der Waals surface area contributed by atoms with Gasteiger partial charge in [-0.05, 0) is 26.3 Å². The Morgan fingerprint density at radius 1 is 1.11 bits per heavy atom. The van der Waals surface area contributed by atoms with Gasteiger partial charge < -0.3 is 0 Å². The number of hydrogen-bond donors (Lipinski definition) is 0. The van der Waals surface area contributed by atoms with E-state index in [0.29, 0.717) is 5.15 Å². The SMILES string of the molecule is Cc1nn(-c2cc(Cl)nc(C(C)(C)C)n2)c(C)c1C. The number of hydrogen-bond acceptors (Lipinski definition) is 3. The Morgan fingerprint density at radius 2 is 1.74 bits per heavy atom. The molecule has 19 heavy (non-hydrogen) atoms. The highest BCUT2D eigenvalue weighted by Gasteiger charge is 2.20. The highest BCUT2D eigenvalue weighted by Crippen LogP contribution is 2.23. The molecule has 0 aliphatic rings. The molecular weight excluding hydrogens is 260 g/mol. The third-order valence-electron chi connectivity index (χ3n) is 3.22. The Labute approximate surface area is 118 Å². The molecule has 0 fully saturated rings. The van der Waals surface area contributed by atoms with Gasteiger partial charge in [-0.15, -0.1) is 0 Å². The van der Waals surface area contributed by atoms with Gasteiger partial charge in [-0.1, -0.05) is 32.4 Å². The normalized spacial score (nSPS) is 11.9. The first-order valence-corrected chi connectivity index (χ1v) is 6.66. The fraction of sp³-hybridized carbons (Fsp3) is 0.500. The minimum atomic E-state index is -0.148. The van der Waals surface area contributed by atoms with Crippen molar-refractivity contribution in [1.82, 2.24) is 19.7 Å². The third-order valence-corrected chi connectivity index (χ3v) is 3.42. The summed E-state index contributed by atoms with van der Waals surface area (Å²) in [5.74, 6) is 1.44. The van der Waals surface area contributed by atoms with E-state index in [2.05, 4.69) is 42.8 Å². The average molecular weight is 279 g/mol. The van der Waals surface area contributed by atoms with Gasteiger partial charge in [0.15, 0.2) is 5.82 Å². The molecular formula is C14H19ClN4. The van der Waals surface area contributed by atoms with Crippen molar-refractivity contribution in [3.05, 3.63) is 34.0 Å². The molecule has 2 aromatic rings. The zero-order chi connectivity index (χ0) is 14.4. The van der Waals surface area contributed by atoms with Crippen LogP contribution in [-0.2, 0) is 5.41 Å². The van der Waals surface area contributed by atoms with E-state index in [1.165, 1.54) is 5.56 Å². The van der Waals surface area contributed by atoms with Crippen molar-refractivity contribution in [3.8, 4) is 5.82 Å². The second-order valence-electron chi connectivity index (χ2n) is 5.83. The zero-order valence-electron chi connectivity index (χ0n) is 12.2. The van der Waals surface area contributed by atoms with Gasteiger partial charge in [0.25, 0.3) is 0 Å². The molecule has 2 aromatic heterocycles. The van der Waals surface area contributed by atoms with Gasteiger partial charge in [0.05, 0.1) is 5.69 Å². The molecule has 0 aromatic carbocycles. The lowest BCUT2D eigenvalue weighted by Crippen LogP contribution is -2.18. The molecule has 0 unspecified atom stereocenters. The van der Waals surface area contributed by atoms with Crippen molar-refractivity contribution in [2.24, 2.45) is 0 Å². The molecule has 0 saturated carbocycles. The van der Waals surface area contributed by atoms with Gasteiger partial charge in [0.2, 0.25) is 0 Å². The van der Waals surface area contributed by atoms with Crippen LogP contribution in [0.3, 0.4) is 0 Å². The third kappa shape index (κ3) is 2.63. The first-order valence-electron chi connectivity index (χ1n) is 6.28. The quantitative estimate of drug-likeness (QED) is 0.750. The second-order valence-corrected chi connectivity index (χ2v) is 6.22. The van der Waals surface area contributed by atoms with Gasteiger partial charge in [-0.2, -0.15) is 5.10 Å². The maximum absolute atomic E-state index is 6.11.